The standard InChI is InChI=1S/C30H33F2N5O5/c1-18-15-37(29(39)24-7-5-6-12-33-24)19(2)17-42-26-14-21(9-10-22(26)28(38)36(3)16-27(18)41-4)34-30(40)35-25-13-20(31)8-11-23(25)32/h5-14,18-19,27H,15-17H2,1-4H3,(H2,34,35,40)/t18-,19+,27-/m1/s1. The maximum Gasteiger partial charge on any atom is 0.323 e. The Balaban J connectivity index is 1.62. The van der Waals surface area contributed by atoms with Gasteiger partial charge in [-0.2, -0.15) is 0 Å². The first-order valence-corrected chi connectivity index (χ1v) is 13.4. The quantitative estimate of drug-likeness (QED) is 0.464. The summed E-state index contributed by atoms with van der Waals surface area (Å²) in [5, 5.41) is 4.81. The van der Waals surface area contributed by atoms with Crippen molar-refractivity contribution in [2.75, 3.05) is 44.5 Å². The number of pyridine rings is 1. The number of carbonyl (C=O) groups excluding carboxylic acids is 3. The van der Waals surface area contributed by atoms with Gasteiger partial charge in [0.2, 0.25) is 0 Å². The molecule has 42 heavy (non-hydrogen) atoms. The predicted molar refractivity (Wildman–Crippen MR) is 153 cm³/mol. The molecule has 0 spiro atoms. The molecule has 2 heterocycles. The molecule has 0 bridgehead atoms. The number of hydrogen-bond donors (Lipinski definition) is 2. The van der Waals surface area contributed by atoms with Crippen LogP contribution in [0.1, 0.15) is 34.7 Å². The molecule has 1 aliphatic rings. The lowest BCUT2D eigenvalue weighted by Crippen LogP contribution is -2.48. The summed E-state index contributed by atoms with van der Waals surface area (Å²) < 4.78 is 39.3. The molecule has 2 aromatic carbocycles. The van der Waals surface area contributed by atoms with Crippen LogP contribution in [0.2, 0.25) is 0 Å². The van der Waals surface area contributed by atoms with E-state index in [0.717, 1.165) is 18.2 Å². The van der Waals surface area contributed by atoms with Crippen LogP contribution in [-0.2, 0) is 4.74 Å². The van der Waals surface area contributed by atoms with Crippen LogP contribution in [0.25, 0.3) is 0 Å². The van der Waals surface area contributed by atoms with Crippen LogP contribution < -0.4 is 15.4 Å². The third-order valence-electron chi connectivity index (χ3n) is 7.03. The average molecular weight is 582 g/mol. The Morgan fingerprint density at radius 1 is 1.05 bits per heavy atom. The molecule has 0 fully saturated rings. The number of halogens is 2. The van der Waals surface area contributed by atoms with Gasteiger partial charge in [-0.15, -0.1) is 0 Å². The van der Waals surface area contributed by atoms with Crippen molar-refractivity contribution in [3.05, 3.63) is 83.7 Å². The number of anilines is 2. The highest BCUT2D eigenvalue weighted by Gasteiger charge is 2.31. The minimum absolute atomic E-state index is 0.0249. The van der Waals surface area contributed by atoms with E-state index >= 15 is 0 Å². The molecule has 222 valence electrons. The van der Waals surface area contributed by atoms with Gasteiger partial charge < -0.3 is 29.9 Å². The zero-order chi connectivity index (χ0) is 30.4. The number of carbonyl (C=O) groups is 3. The summed E-state index contributed by atoms with van der Waals surface area (Å²) in [4.78, 5) is 46.9. The lowest BCUT2D eigenvalue weighted by Gasteiger charge is -2.36. The monoisotopic (exact) mass is 581 g/mol. The Labute approximate surface area is 242 Å². The van der Waals surface area contributed by atoms with Gasteiger partial charge in [-0.3, -0.25) is 14.6 Å². The van der Waals surface area contributed by atoms with E-state index in [0.29, 0.717) is 6.54 Å². The van der Waals surface area contributed by atoms with Crippen LogP contribution in [0.3, 0.4) is 0 Å². The summed E-state index contributed by atoms with van der Waals surface area (Å²) in [5.74, 6) is -2.08. The topological polar surface area (TPSA) is 113 Å². The van der Waals surface area contributed by atoms with Gasteiger partial charge in [-0.1, -0.05) is 13.0 Å². The summed E-state index contributed by atoms with van der Waals surface area (Å²) in [6.07, 6.45) is 1.18. The van der Waals surface area contributed by atoms with Crippen molar-refractivity contribution in [2.24, 2.45) is 5.92 Å². The molecule has 2 N–H and O–H groups in total. The van der Waals surface area contributed by atoms with E-state index in [-0.39, 0.29) is 65.4 Å². The second-order valence-corrected chi connectivity index (χ2v) is 10.2. The number of amides is 4. The molecule has 0 saturated heterocycles. The number of ether oxygens (including phenoxy) is 2. The Bertz CT molecular complexity index is 1440. The van der Waals surface area contributed by atoms with E-state index in [9.17, 15) is 23.2 Å². The van der Waals surface area contributed by atoms with Crippen molar-refractivity contribution in [1.82, 2.24) is 14.8 Å². The van der Waals surface area contributed by atoms with Crippen molar-refractivity contribution in [3.63, 3.8) is 0 Å². The van der Waals surface area contributed by atoms with E-state index in [1.54, 1.807) is 43.5 Å². The molecule has 4 amide bonds. The highest BCUT2D eigenvalue weighted by molar-refractivity contribution is 6.01. The van der Waals surface area contributed by atoms with E-state index in [2.05, 4.69) is 15.6 Å². The third-order valence-corrected chi connectivity index (χ3v) is 7.03. The van der Waals surface area contributed by atoms with E-state index < -0.39 is 23.7 Å². The van der Waals surface area contributed by atoms with Gasteiger partial charge in [-0.05, 0) is 43.3 Å². The van der Waals surface area contributed by atoms with Gasteiger partial charge in [0.05, 0.1) is 23.4 Å². The van der Waals surface area contributed by atoms with Crippen molar-refractivity contribution >= 4 is 29.2 Å². The predicted octanol–water partition coefficient (Wildman–Crippen LogP) is 4.65. The Hall–Kier alpha value is -4.58. The highest BCUT2D eigenvalue weighted by Crippen LogP contribution is 2.27. The average Bonchev–Trinajstić information content (AvgIpc) is 2.98. The maximum absolute atomic E-state index is 14.0. The zero-order valence-corrected chi connectivity index (χ0v) is 23.8. The Morgan fingerprint density at radius 3 is 2.55 bits per heavy atom. The van der Waals surface area contributed by atoms with Crippen molar-refractivity contribution in [1.29, 1.82) is 0 Å². The van der Waals surface area contributed by atoms with E-state index in [4.69, 9.17) is 9.47 Å². The molecular formula is C30H33F2N5O5. The first kappa shape index (κ1) is 30.4. The lowest BCUT2D eigenvalue weighted by molar-refractivity contribution is 0.0109. The first-order chi connectivity index (χ1) is 20.1. The summed E-state index contributed by atoms with van der Waals surface area (Å²) in [5.41, 5.74) is 0.429. The number of nitrogens with one attached hydrogen (secondary N) is 2. The SMILES string of the molecule is CO[C@@H]1CN(C)C(=O)c2ccc(NC(=O)Nc3cc(F)ccc3F)cc2OC[C@H](C)N(C(=O)c2ccccn2)C[C@H]1C. The molecule has 1 aliphatic heterocycles. The molecule has 4 rings (SSSR count). The summed E-state index contributed by atoms with van der Waals surface area (Å²) in [6.45, 7) is 4.38. The maximum atomic E-state index is 14.0. The van der Waals surface area contributed by atoms with Crippen molar-refractivity contribution < 1.29 is 32.6 Å². The van der Waals surface area contributed by atoms with Crippen molar-refractivity contribution in [2.45, 2.75) is 26.0 Å². The largest absolute Gasteiger partial charge is 0.491 e. The molecular weight excluding hydrogens is 548 g/mol. The number of urea groups is 1. The van der Waals surface area contributed by atoms with Gasteiger partial charge in [0.15, 0.2) is 0 Å². The van der Waals surface area contributed by atoms with Crippen LogP contribution in [0.5, 0.6) is 5.75 Å². The van der Waals surface area contributed by atoms with Gasteiger partial charge in [0, 0.05) is 57.2 Å². The van der Waals surface area contributed by atoms with Gasteiger partial charge >= 0.3 is 6.03 Å². The minimum atomic E-state index is -0.825. The number of nitrogens with zero attached hydrogens (tertiary/aromatic N) is 3. The van der Waals surface area contributed by atoms with Crippen LogP contribution in [0.4, 0.5) is 25.0 Å². The zero-order valence-electron chi connectivity index (χ0n) is 23.8. The Kier molecular flexibility index (Phi) is 9.68. The van der Waals surface area contributed by atoms with Crippen molar-refractivity contribution in [3.8, 4) is 5.75 Å². The molecule has 0 aliphatic carbocycles. The normalized spacial score (nSPS) is 19.6. The van der Waals surface area contributed by atoms with E-state index in [1.165, 1.54) is 23.1 Å². The number of rotatable bonds is 4. The summed E-state index contributed by atoms with van der Waals surface area (Å²) in [7, 11) is 3.21. The molecule has 10 nitrogen and oxygen atoms in total. The minimum Gasteiger partial charge on any atom is -0.491 e. The fourth-order valence-corrected chi connectivity index (χ4v) is 4.65. The van der Waals surface area contributed by atoms with Crippen LogP contribution in [0, 0.1) is 17.6 Å². The third kappa shape index (κ3) is 7.19. The number of hydrogen-bond acceptors (Lipinski definition) is 6. The summed E-state index contributed by atoms with van der Waals surface area (Å²) >= 11 is 0. The number of methoxy groups -OCH3 is 1. The smallest absolute Gasteiger partial charge is 0.323 e. The number of fused-ring (bicyclic) bond motifs is 1. The molecule has 3 atom stereocenters. The summed E-state index contributed by atoms with van der Waals surface area (Å²) in [6, 6.07) is 11.0. The fourth-order valence-electron chi connectivity index (χ4n) is 4.65. The molecule has 0 unspecified atom stereocenters. The first-order valence-electron chi connectivity index (χ1n) is 13.4. The number of likely N-dealkylation sites (N-methyl/N-ethyl adjacent to an activating group) is 1. The molecule has 12 heteroatoms. The molecule has 3 aromatic rings. The fraction of sp³-hybridized carbons (Fsp3) is 0.333. The van der Waals surface area contributed by atoms with Crippen LogP contribution >= 0.6 is 0 Å². The second-order valence-electron chi connectivity index (χ2n) is 10.2. The van der Waals surface area contributed by atoms with Gasteiger partial charge in [0.25, 0.3) is 11.8 Å². The van der Waals surface area contributed by atoms with E-state index in [1.807, 2.05) is 13.8 Å². The lowest BCUT2D eigenvalue weighted by atomic mass is 10.0. The number of benzene rings is 2. The van der Waals surface area contributed by atoms with Crippen LogP contribution in [-0.4, -0.2) is 78.6 Å². The highest BCUT2D eigenvalue weighted by atomic mass is 19.1. The Morgan fingerprint density at radius 2 is 1.83 bits per heavy atom. The number of aromatic nitrogens is 1. The molecule has 0 saturated carbocycles. The van der Waals surface area contributed by atoms with Gasteiger partial charge in [0.1, 0.15) is 29.7 Å². The van der Waals surface area contributed by atoms with Gasteiger partial charge in [-0.25, -0.2) is 13.6 Å². The molecule has 1 aromatic heterocycles. The second kappa shape index (κ2) is 13.4. The van der Waals surface area contributed by atoms with Crippen LogP contribution in [0.15, 0.2) is 60.8 Å². The molecule has 0 radical (unpaired) electrons.